The zero-order chi connectivity index (χ0) is 12.1. The molecule has 0 aromatic carbocycles. The average molecular weight is 216 g/mol. The highest BCUT2D eigenvalue weighted by Crippen LogP contribution is 2.16. The molecule has 0 aliphatic rings. The highest BCUT2D eigenvalue weighted by Gasteiger charge is 2.26. The summed E-state index contributed by atoms with van der Waals surface area (Å²) in [6.07, 6.45) is 0. The lowest BCUT2D eigenvalue weighted by Gasteiger charge is -2.25. The summed E-state index contributed by atoms with van der Waals surface area (Å²) in [5.74, 6) is -0.228. The van der Waals surface area contributed by atoms with E-state index in [1.807, 2.05) is 20.8 Å². The van der Waals surface area contributed by atoms with E-state index in [4.69, 9.17) is 11.5 Å². The Morgan fingerprint density at radius 1 is 1.20 bits per heavy atom. The van der Waals surface area contributed by atoms with Gasteiger partial charge in [0.15, 0.2) is 0 Å². The van der Waals surface area contributed by atoms with Crippen molar-refractivity contribution >= 4 is 11.9 Å². The molecule has 0 saturated heterocycles. The molecule has 15 heavy (non-hydrogen) atoms. The normalized spacial score (nSPS) is 13.1. The molecule has 0 aliphatic heterocycles. The van der Waals surface area contributed by atoms with Crippen LogP contribution in [0.2, 0.25) is 0 Å². The Morgan fingerprint density at radius 3 is 2.07 bits per heavy atom. The third kappa shape index (κ3) is 5.90. The first kappa shape index (κ1) is 13.7. The fourth-order valence-corrected chi connectivity index (χ4v) is 0.875. The van der Waals surface area contributed by atoms with Crippen LogP contribution >= 0.6 is 0 Å². The maximum Gasteiger partial charge on any atom is 0.312 e. The van der Waals surface area contributed by atoms with Crippen LogP contribution in [0.5, 0.6) is 0 Å². The Morgan fingerprint density at radius 2 is 1.67 bits per heavy atom. The van der Waals surface area contributed by atoms with Gasteiger partial charge in [-0.25, -0.2) is 4.79 Å². The molecule has 0 spiro atoms. The number of primary amides is 1. The van der Waals surface area contributed by atoms with Gasteiger partial charge in [0.25, 0.3) is 0 Å². The minimum Gasteiger partial charge on any atom is -0.353 e. The van der Waals surface area contributed by atoms with Crippen molar-refractivity contribution in [2.24, 2.45) is 16.9 Å². The Kier molecular flexibility index (Phi) is 5.07. The van der Waals surface area contributed by atoms with Gasteiger partial charge in [-0.1, -0.05) is 20.8 Å². The highest BCUT2D eigenvalue weighted by atomic mass is 16.2. The molecule has 0 aromatic heterocycles. The summed E-state index contributed by atoms with van der Waals surface area (Å²) in [7, 11) is 0. The lowest BCUT2D eigenvalue weighted by Crippen LogP contribution is -2.50. The molecule has 6 heteroatoms. The number of urea groups is 1. The molecule has 0 saturated carbocycles. The third-order valence-electron chi connectivity index (χ3n) is 1.94. The van der Waals surface area contributed by atoms with Gasteiger partial charge in [-0.15, -0.1) is 0 Å². The first-order valence-electron chi connectivity index (χ1n) is 4.81. The van der Waals surface area contributed by atoms with Crippen molar-refractivity contribution in [3.05, 3.63) is 0 Å². The summed E-state index contributed by atoms with van der Waals surface area (Å²) in [5.41, 5.74) is 10.3. The summed E-state index contributed by atoms with van der Waals surface area (Å²) in [4.78, 5) is 21.8. The van der Waals surface area contributed by atoms with Crippen molar-refractivity contribution in [1.29, 1.82) is 0 Å². The van der Waals surface area contributed by atoms with Crippen LogP contribution in [0.3, 0.4) is 0 Å². The van der Waals surface area contributed by atoms with Crippen molar-refractivity contribution in [2.75, 3.05) is 13.1 Å². The highest BCUT2D eigenvalue weighted by molar-refractivity contribution is 5.82. The van der Waals surface area contributed by atoms with E-state index in [1.165, 1.54) is 0 Å². The molecule has 0 aliphatic carbocycles. The molecule has 0 fully saturated rings. The van der Waals surface area contributed by atoms with E-state index in [-0.39, 0.29) is 11.3 Å². The second-order valence-corrected chi connectivity index (χ2v) is 4.43. The van der Waals surface area contributed by atoms with Crippen LogP contribution < -0.4 is 22.1 Å². The van der Waals surface area contributed by atoms with Gasteiger partial charge in [0, 0.05) is 13.1 Å². The average Bonchev–Trinajstić information content (AvgIpc) is 2.09. The number of nitrogens with two attached hydrogens (primary N) is 2. The Balaban J connectivity index is 3.80. The Labute approximate surface area is 89.8 Å². The van der Waals surface area contributed by atoms with Gasteiger partial charge < -0.3 is 22.1 Å². The second-order valence-electron chi connectivity index (χ2n) is 4.43. The number of hydrogen-bond donors (Lipinski definition) is 4. The third-order valence-corrected chi connectivity index (χ3v) is 1.94. The first-order valence-corrected chi connectivity index (χ1v) is 4.81. The minimum absolute atomic E-state index is 0.228. The van der Waals surface area contributed by atoms with Gasteiger partial charge in [0.2, 0.25) is 5.91 Å². The van der Waals surface area contributed by atoms with Crippen molar-refractivity contribution in [2.45, 2.75) is 26.8 Å². The molecular weight excluding hydrogens is 196 g/mol. The maximum atomic E-state index is 11.5. The number of nitrogens with one attached hydrogen (secondary N) is 2. The van der Waals surface area contributed by atoms with Crippen LogP contribution in [0.15, 0.2) is 0 Å². The fraction of sp³-hybridized carbons (Fsp3) is 0.778. The lowest BCUT2D eigenvalue weighted by atomic mass is 9.87. The first-order chi connectivity index (χ1) is 6.75. The number of hydrogen-bond acceptors (Lipinski definition) is 3. The van der Waals surface area contributed by atoms with Crippen LogP contribution in [0, 0.1) is 5.41 Å². The summed E-state index contributed by atoms with van der Waals surface area (Å²) >= 11 is 0. The molecule has 6 N–H and O–H groups in total. The quantitative estimate of drug-likeness (QED) is 0.459. The number of carbonyl (C=O) groups is 2. The summed E-state index contributed by atoms with van der Waals surface area (Å²) in [6, 6.07) is -1.17. The molecule has 3 amide bonds. The van der Waals surface area contributed by atoms with Crippen LogP contribution in [-0.4, -0.2) is 31.1 Å². The monoisotopic (exact) mass is 216 g/mol. The Bertz CT molecular complexity index is 235. The number of rotatable bonds is 4. The van der Waals surface area contributed by atoms with Crippen molar-refractivity contribution in [1.82, 2.24) is 10.6 Å². The maximum absolute atomic E-state index is 11.5. The summed E-state index contributed by atoms with van der Waals surface area (Å²) in [5, 5.41) is 4.97. The van der Waals surface area contributed by atoms with Gasteiger partial charge in [-0.2, -0.15) is 0 Å². The predicted octanol–water partition coefficient (Wildman–Crippen LogP) is -0.856. The van der Waals surface area contributed by atoms with E-state index in [0.29, 0.717) is 13.1 Å². The van der Waals surface area contributed by atoms with Gasteiger partial charge in [-0.3, -0.25) is 4.79 Å². The van der Waals surface area contributed by atoms with Crippen molar-refractivity contribution in [3.63, 3.8) is 0 Å². The molecular formula is C9H20N4O2. The van der Waals surface area contributed by atoms with Crippen LogP contribution in [0.1, 0.15) is 20.8 Å². The SMILES string of the molecule is CC(C)(C)[C@@H](N)C(=O)NCCNC(N)=O. The van der Waals surface area contributed by atoms with Gasteiger partial charge >= 0.3 is 6.03 Å². The van der Waals surface area contributed by atoms with E-state index in [2.05, 4.69) is 10.6 Å². The second kappa shape index (κ2) is 5.55. The Hall–Kier alpha value is -1.30. The molecule has 88 valence electrons. The van der Waals surface area contributed by atoms with E-state index in [0.717, 1.165) is 0 Å². The summed E-state index contributed by atoms with van der Waals surface area (Å²) in [6.45, 7) is 6.29. The van der Waals surface area contributed by atoms with Crippen LogP contribution in [-0.2, 0) is 4.79 Å². The molecule has 0 radical (unpaired) electrons. The van der Waals surface area contributed by atoms with E-state index in [9.17, 15) is 9.59 Å². The number of amides is 3. The minimum atomic E-state index is -0.607. The van der Waals surface area contributed by atoms with E-state index in [1.54, 1.807) is 0 Å². The van der Waals surface area contributed by atoms with Crippen LogP contribution in [0.4, 0.5) is 4.79 Å². The molecule has 1 atom stereocenters. The molecule has 0 bridgehead atoms. The van der Waals surface area contributed by atoms with Gasteiger partial charge in [-0.05, 0) is 5.41 Å². The molecule has 0 unspecified atom stereocenters. The van der Waals surface area contributed by atoms with Gasteiger partial charge in [0.1, 0.15) is 0 Å². The van der Waals surface area contributed by atoms with Gasteiger partial charge in [0.05, 0.1) is 6.04 Å². The van der Waals surface area contributed by atoms with Crippen LogP contribution in [0.25, 0.3) is 0 Å². The zero-order valence-corrected chi connectivity index (χ0v) is 9.46. The molecule has 6 nitrogen and oxygen atoms in total. The van der Waals surface area contributed by atoms with Crippen molar-refractivity contribution in [3.8, 4) is 0 Å². The smallest absolute Gasteiger partial charge is 0.312 e. The zero-order valence-electron chi connectivity index (χ0n) is 9.46. The molecule has 0 heterocycles. The van der Waals surface area contributed by atoms with E-state index < -0.39 is 12.1 Å². The summed E-state index contributed by atoms with van der Waals surface area (Å²) < 4.78 is 0. The fourth-order valence-electron chi connectivity index (χ4n) is 0.875. The lowest BCUT2D eigenvalue weighted by molar-refractivity contribution is -0.124. The van der Waals surface area contributed by atoms with E-state index >= 15 is 0 Å². The number of carbonyl (C=O) groups excluding carboxylic acids is 2. The molecule has 0 aromatic rings. The topological polar surface area (TPSA) is 110 Å². The largest absolute Gasteiger partial charge is 0.353 e. The predicted molar refractivity (Wildman–Crippen MR) is 58.0 cm³/mol. The van der Waals surface area contributed by atoms with Crippen molar-refractivity contribution < 1.29 is 9.59 Å². The molecule has 0 rings (SSSR count). The standard InChI is InChI=1S/C9H20N4O2/c1-9(2,3)6(10)7(14)12-4-5-13-8(11)15/h6H,4-5,10H2,1-3H3,(H,12,14)(H3,11,13,15)/t6-/m0/s1.